The number of carbonyl (C=O) groups is 2. The number of carbonyl (C=O) groups excluding carboxylic acids is 1. The second-order valence-electron chi connectivity index (χ2n) is 4.47. The molecule has 1 aromatic rings. The molecule has 0 aliphatic carbocycles. The summed E-state index contributed by atoms with van der Waals surface area (Å²) in [5.74, 6) is -0.928. The van der Waals surface area contributed by atoms with Gasteiger partial charge in [-0.15, -0.1) is 0 Å². The number of aryl methyl sites for hydroxylation is 1. The molecule has 5 nitrogen and oxygen atoms in total. The molecule has 0 spiro atoms. The maximum absolute atomic E-state index is 11.7. The lowest BCUT2D eigenvalue weighted by Crippen LogP contribution is -2.42. The zero-order valence-electron chi connectivity index (χ0n) is 11.5. The van der Waals surface area contributed by atoms with Crippen LogP contribution in [0.2, 0.25) is 0 Å². The molecule has 0 radical (unpaired) electrons. The Morgan fingerprint density at radius 2 is 2.15 bits per heavy atom. The highest BCUT2D eigenvalue weighted by Crippen LogP contribution is 2.25. The quantitative estimate of drug-likeness (QED) is 0.797. The highest BCUT2D eigenvalue weighted by molar-refractivity contribution is 9.10. The predicted octanol–water partition coefficient (Wildman–Crippen LogP) is 2.51. The van der Waals surface area contributed by atoms with Crippen molar-refractivity contribution >= 4 is 27.8 Å². The molecule has 0 fully saturated rings. The summed E-state index contributed by atoms with van der Waals surface area (Å²) in [6, 6.07) is 4.64. The van der Waals surface area contributed by atoms with Gasteiger partial charge in [-0.2, -0.15) is 0 Å². The van der Waals surface area contributed by atoms with E-state index in [0.29, 0.717) is 18.6 Å². The van der Waals surface area contributed by atoms with Gasteiger partial charge in [0.05, 0.1) is 4.47 Å². The summed E-state index contributed by atoms with van der Waals surface area (Å²) < 4.78 is 6.12. The second kappa shape index (κ2) is 7.89. The number of hydrogen-bond donors (Lipinski definition) is 2. The summed E-state index contributed by atoms with van der Waals surface area (Å²) in [6.07, 6.45) is 1.08. The molecule has 0 aromatic heterocycles. The largest absolute Gasteiger partial charge is 0.483 e. The Morgan fingerprint density at radius 1 is 1.45 bits per heavy atom. The SMILES string of the molecule is CCC[C@@H](NC(=O)COc1ccc(C)cc1Br)C(=O)O. The van der Waals surface area contributed by atoms with Gasteiger partial charge in [0, 0.05) is 0 Å². The summed E-state index contributed by atoms with van der Waals surface area (Å²) in [5.41, 5.74) is 1.07. The molecule has 0 saturated heterocycles. The average molecular weight is 344 g/mol. The molecule has 20 heavy (non-hydrogen) atoms. The first-order valence-corrected chi connectivity index (χ1v) is 7.14. The zero-order chi connectivity index (χ0) is 15.1. The number of rotatable bonds is 7. The van der Waals surface area contributed by atoms with Gasteiger partial charge in [0.2, 0.25) is 0 Å². The Bertz CT molecular complexity index is 490. The van der Waals surface area contributed by atoms with Crippen molar-refractivity contribution in [1.29, 1.82) is 0 Å². The molecule has 0 unspecified atom stereocenters. The van der Waals surface area contributed by atoms with Gasteiger partial charge in [-0.3, -0.25) is 4.79 Å². The van der Waals surface area contributed by atoms with E-state index in [1.165, 1.54) is 0 Å². The lowest BCUT2D eigenvalue weighted by molar-refractivity contribution is -0.142. The molecule has 0 saturated carbocycles. The number of amides is 1. The van der Waals surface area contributed by atoms with Crippen molar-refractivity contribution in [2.75, 3.05) is 6.61 Å². The van der Waals surface area contributed by atoms with Crippen molar-refractivity contribution in [2.24, 2.45) is 0 Å². The van der Waals surface area contributed by atoms with Gasteiger partial charge in [-0.05, 0) is 47.0 Å². The van der Waals surface area contributed by atoms with Crippen LogP contribution >= 0.6 is 15.9 Å². The summed E-state index contributed by atoms with van der Waals surface area (Å²) in [4.78, 5) is 22.6. The van der Waals surface area contributed by atoms with Crippen LogP contribution in [0.4, 0.5) is 0 Å². The topological polar surface area (TPSA) is 75.6 Å². The molecular weight excluding hydrogens is 326 g/mol. The molecule has 1 atom stereocenters. The molecule has 1 aromatic carbocycles. The molecule has 1 rings (SSSR count). The molecule has 0 bridgehead atoms. The number of benzene rings is 1. The lowest BCUT2D eigenvalue weighted by Gasteiger charge is -2.14. The summed E-state index contributed by atoms with van der Waals surface area (Å²) in [5, 5.41) is 11.4. The number of carboxylic acids is 1. The fourth-order valence-corrected chi connectivity index (χ4v) is 2.26. The van der Waals surface area contributed by atoms with Crippen molar-refractivity contribution in [3.8, 4) is 5.75 Å². The number of carboxylic acid groups (broad SMARTS) is 1. The van der Waals surface area contributed by atoms with Gasteiger partial charge in [0.1, 0.15) is 11.8 Å². The van der Waals surface area contributed by atoms with Gasteiger partial charge >= 0.3 is 5.97 Å². The molecule has 6 heteroatoms. The Hall–Kier alpha value is -1.56. The van der Waals surface area contributed by atoms with Crippen molar-refractivity contribution in [3.63, 3.8) is 0 Å². The normalized spacial score (nSPS) is 11.8. The minimum atomic E-state index is -1.03. The predicted molar refractivity (Wildman–Crippen MR) is 78.8 cm³/mol. The maximum Gasteiger partial charge on any atom is 0.326 e. The lowest BCUT2D eigenvalue weighted by atomic mass is 10.2. The fourth-order valence-electron chi connectivity index (χ4n) is 1.65. The van der Waals surface area contributed by atoms with Crippen LogP contribution in [-0.2, 0) is 9.59 Å². The third kappa shape index (κ3) is 5.21. The van der Waals surface area contributed by atoms with E-state index in [2.05, 4.69) is 21.2 Å². The van der Waals surface area contributed by atoms with Gasteiger partial charge < -0.3 is 15.2 Å². The monoisotopic (exact) mass is 343 g/mol. The first kappa shape index (κ1) is 16.5. The third-order valence-electron chi connectivity index (χ3n) is 2.66. The highest BCUT2D eigenvalue weighted by Gasteiger charge is 2.19. The van der Waals surface area contributed by atoms with Crippen molar-refractivity contribution < 1.29 is 19.4 Å². The molecular formula is C14H18BrNO4. The molecule has 0 heterocycles. The van der Waals surface area contributed by atoms with E-state index in [4.69, 9.17) is 9.84 Å². The standard InChI is InChI=1S/C14H18BrNO4/c1-3-4-11(14(18)19)16-13(17)8-20-12-6-5-9(2)7-10(12)15/h5-7,11H,3-4,8H2,1-2H3,(H,16,17)(H,18,19)/t11-/m1/s1. The Balaban J connectivity index is 2.52. The number of nitrogens with one attached hydrogen (secondary N) is 1. The second-order valence-corrected chi connectivity index (χ2v) is 5.32. The van der Waals surface area contributed by atoms with E-state index in [-0.39, 0.29) is 6.61 Å². The van der Waals surface area contributed by atoms with Crippen LogP contribution in [0.1, 0.15) is 25.3 Å². The smallest absolute Gasteiger partial charge is 0.326 e. The maximum atomic E-state index is 11.7. The van der Waals surface area contributed by atoms with Crippen LogP contribution < -0.4 is 10.1 Å². The van der Waals surface area contributed by atoms with Crippen molar-refractivity contribution in [3.05, 3.63) is 28.2 Å². The van der Waals surface area contributed by atoms with E-state index in [1.807, 2.05) is 26.0 Å². The molecule has 2 N–H and O–H groups in total. The first-order chi connectivity index (χ1) is 9.43. The third-order valence-corrected chi connectivity index (χ3v) is 3.28. The number of halogens is 1. The van der Waals surface area contributed by atoms with Crippen LogP contribution in [-0.4, -0.2) is 29.6 Å². The van der Waals surface area contributed by atoms with Gasteiger partial charge in [-0.25, -0.2) is 4.79 Å². The first-order valence-electron chi connectivity index (χ1n) is 6.35. The molecule has 110 valence electrons. The van der Waals surface area contributed by atoms with Crippen LogP contribution in [0.15, 0.2) is 22.7 Å². The van der Waals surface area contributed by atoms with E-state index >= 15 is 0 Å². The Morgan fingerprint density at radius 3 is 2.70 bits per heavy atom. The van der Waals surface area contributed by atoms with E-state index < -0.39 is 17.9 Å². The van der Waals surface area contributed by atoms with E-state index in [0.717, 1.165) is 10.0 Å². The minimum Gasteiger partial charge on any atom is -0.483 e. The molecule has 0 aliphatic rings. The fraction of sp³-hybridized carbons (Fsp3) is 0.429. The molecule has 0 aliphatic heterocycles. The van der Waals surface area contributed by atoms with Gasteiger partial charge in [-0.1, -0.05) is 19.4 Å². The van der Waals surface area contributed by atoms with Gasteiger partial charge in [0.25, 0.3) is 5.91 Å². The van der Waals surface area contributed by atoms with Crippen LogP contribution in [0, 0.1) is 6.92 Å². The summed E-state index contributed by atoms with van der Waals surface area (Å²) in [6.45, 7) is 3.60. The van der Waals surface area contributed by atoms with Crippen molar-refractivity contribution in [2.45, 2.75) is 32.7 Å². The van der Waals surface area contributed by atoms with Crippen molar-refractivity contribution in [1.82, 2.24) is 5.32 Å². The summed E-state index contributed by atoms with van der Waals surface area (Å²) in [7, 11) is 0. The molecule has 1 amide bonds. The number of ether oxygens (including phenoxy) is 1. The van der Waals surface area contributed by atoms with Crippen LogP contribution in [0.3, 0.4) is 0 Å². The van der Waals surface area contributed by atoms with Crippen LogP contribution in [0.25, 0.3) is 0 Å². The Labute approximate surface area is 126 Å². The summed E-state index contributed by atoms with van der Waals surface area (Å²) >= 11 is 3.35. The average Bonchev–Trinajstić information content (AvgIpc) is 2.37. The zero-order valence-corrected chi connectivity index (χ0v) is 13.1. The van der Waals surface area contributed by atoms with Crippen LogP contribution in [0.5, 0.6) is 5.75 Å². The highest BCUT2D eigenvalue weighted by atomic mass is 79.9. The minimum absolute atomic E-state index is 0.213. The Kier molecular flexibility index (Phi) is 6.51. The number of aliphatic carboxylic acids is 1. The number of hydrogen-bond acceptors (Lipinski definition) is 3. The van der Waals surface area contributed by atoms with Gasteiger partial charge in [0.15, 0.2) is 6.61 Å². The van der Waals surface area contributed by atoms with E-state index in [1.54, 1.807) is 6.07 Å². The van der Waals surface area contributed by atoms with E-state index in [9.17, 15) is 9.59 Å².